The van der Waals surface area contributed by atoms with E-state index in [0.29, 0.717) is 12.1 Å². The Kier molecular flexibility index (Phi) is 21.1. The first-order valence-electron chi connectivity index (χ1n) is 20.7. The Morgan fingerprint density at radius 2 is 1.33 bits per heavy atom. The number of H-pyrrole nitrogens is 1. The van der Waals surface area contributed by atoms with E-state index in [4.69, 9.17) is 22.6 Å². The quantitative estimate of drug-likeness (QED) is 0.0274. The van der Waals surface area contributed by atoms with E-state index >= 15 is 0 Å². The number of likely N-dealkylation sites (tertiary alicyclic amines) is 1. The summed E-state index contributed by atoms with van der Waals surface area (Å²) in [6.07, 6.45) is 3.93. The third kappa shape index (κ3) is 18.2. The maximum atomic E-state index is 14.3. The van der Waals surface area contributed by atoms with Gasteiger partial charge in [-0.15, -0.1) is 0 Å². The van der Waals surface area contributed by atoms with Crippen molar-refractivity contribution in [3.8, 4) is 0 Å². The van der Waals surface area contributed by atoms with Gasteiger partial charge in [-0.25, -0.2) is 9.78 Å². The van der Waals surface area contributed by atoms with Crippen LogP contribution in [0.4, 0.5) is 0 Å². The fourth-order valence-electron chi connectivity index (χ4n) is 6.88. The summed E-state index contributed by atoms with van der Waals surface area (Å²) in [5.41, 5.74) is 16.7. The molecule has 0 bridgehead atoms. The summed E-state index contributed by atoms with van der Waals surface area (Å²) in [5, 5.41) is 32.9. The average Bonchev–Trinajstić information content (AvgIpc) is 3.86. The number of amides is 7. The summed E-state index contributed by atoms with van der Waals surface area (Å²) >= 11 is 0. The molecule has 2 rings (SSSR count). The van der Waals surface area contributed by atoms with Gasteiger partial charge < -0.3 is 64.1 Å². The highest BCUT2D eigenvalue weighted by atomic mass is 16.4. The molecule has 0 radical (unpaired) electrons. The molecule has 7 atom stereocenters. The molecule has 1 aliphatic heterocycles. The molecule has 0 aliphatic carbocycles. The second kappa shape index (κ2) is 25.1. The number of nitrogens with zero attached hydrogens (tertiary/aromatic N) is 2. The normalized spacial score (nSPS) is 16.8. The number of carbonyl (C=O) groups excluding carboxylic acids is 7. The topological polar surface area (TPSA) is 363 Å². The number of hydrogen-bond donors (Lipinski definition) is 12. The Labute approximate surface area is 356 Å². The zero-order valence-corrected chi connectivity index (χ0v) is 36.0. The molecule has 22 nitrogen and oxygen atoms in total. The van der Waals surface area contributed by atoms with Crippen molar-refractivity contribution in [3.63, 3.8) is 0 Å². The molecule has 1 aromatic rings. The van der Waals surface area contributed by atoms with Gasteiger partial charge in [0.1, 0.15) is 36.3 Å². The summed E-state index contributed by atoms with van der Waals surface area (Å²) in [7, 11) is 0. The van der Waals surface area contributed by atoms with Gasteiger partial charge in [0.2, 0.25) is 41.4 Å². The van der Waals surface area contributed by atoms with E-state index in [-0.39, 0.29) is 81.7 Å². The van der Waals surface area contributed by atoms with E-state index in [0.717, 1.165) is 0 Å². The molecule has 61 heavy (non-hydrogen) atoms. The van der Waals surface area contributed by atoms with Crippen LogP contribution in [0.3, 0.4) is 0 Å². The lowest BCUT2D eigenvalue weighted by Crippen LogP contribution is -2.60. The molecule has 1 aromatic heterocycles. The third-order valence-electron chi connectivity index (χ3n) is 9.80. The molecule has 7 amide bonds. The minimum Gasteiger partial charge on any atom is -0.480 e. The molecule has 2 heterocycles. The predicted octanol–water partition coefficient (Wildman–Crippen LogP) is -1.94. The van der Waals surface area contributed by atoms with E-state index in [9.17, 15) is 43.5 Å². The van der Waals surface area contributed by atoms with Crippen molar-refractivity contribution < 1.29 is 43.5 Å². The molecule has 15 N–H and O–H groups in total. The van der Waals surface area contributed by atoms with Crippen molar-refractivity contribution >= 4 is 53.3 Å². The van der Waals surface area contributed by atoms with Crippen molar-refractivity contribution in [2.75, 3.05) is 13.1 Å². The van der Waals surface area contributed by atoms with Gasteiger partial charge >= 0.3 is 5.97 Å². The molecular formula is C39H67N13O9. The molecule has 1 fully saturated rings. The zero-order valence-electron chi connectivity index (χ0n) is 36.0. The van der Waals surface area contributed by atoms with E-state index in [1.807, 2.05) is 41.5 Å². The first kappa shape index (κ1) is 51.3. The summed E-state index contributed by atoms with van der Waals surface area (Å²) in [6, 6.07) is -8.25. The minimum atomic E-state index is -1.33. The third-order valence-corrected chi connectivity index (χ3v) is 9.80. The van der Waals surface area contributed by atoms with Crippen LogP contribution in [-0.4, -0.2) is 129 Å². The number of imidazole rings is 1. The number of aliphatic carboxylic acids is 1. The van der Waals surface area contributed by atoms with Crippen LogP contribution in [0, 0.1) is 23.2 Å². The lowest BCUT2D eigenvalue weighted by Gasteiger charge is -2.32. The maximum absolute atomic E-state index is 14.3. The number of rotatable bonds is 26. The lowest BCUT2D eigenvalue weighted by atomic mass is 9.99. The van der Waals surface area contributed by atoms with E-state index in [2.05, 4.69) is 41.9 Å². The smallest absolute Gasteiger partial charge is 0.326 e. The monoisotopic (exact) mass is 862 g/mol. The van der Waals surface area contributed by atoms with E-state index < -0.39 is 96.0 Å². The summed E-state index contributed by atoms with van der Waals surface area (Å²) in [5.74, 6) is -6.72. The number of hydrogen-bond acceptors (Lipinski definition) is 11. The maximum Gasteiger partial charge on any atom is 0.326 e. The SMILES string of the molecule is CC(C)C[C@H](NC(=O)[C@H](Cc1c[nH]cn1)NC(=O)[C@@H](N)CC(N)=O)C(=O)N[C@@H](CC(C)C)C(=O)N1CCC[C@H]1C(=O)N[C@@H](CC(C)C)C(=O)N[C@@H](CCCNC(=N)N)C(=O)O. The average molecular weight is 862 g/mol. The number of aromatic nitrogens is 2. The Morgan fingerprint density at radius 3 is 1.85 bits per heavy atom. The fraction of sp³-hybridized carbons (Fsp3) is 0.692. The molecule has 0 aromatic carbocycles. The van der Waals surface area contributed by atoms with Crippen molar-refractivity contribution in [3.05, 3.63) is 18.2 Å². The van der Waals surface area contributed by atoms with Crippen LogP contribution in [0.1, 0.15) is 98.6 Å². The number of nitrogens with one attached hydrogen (secondary N) is 8. The number of primary amides is 1. The summed E-state index contributed by atoms with van der Waals surface area (Å²) in [4.78, 5) is 114. The molecule has 0 unspecified atom stereocenters. The number of carboxylic acids is 1. The fourth-order valence-corrected chi connectivity index (χ4v) is 6.88. The Hall–Kier alpha value is -5.80. The number of carbonyl (C=O) groups is 8. The van der Waals surface area contributed by atoms with Gasteiger partial charge in [0, 0.05) is 25.7 Å². The standard InChI is InChI=1S/C39H67N13O9/c1-20(2)13-26(49-35(57)28(16-23-18-44-19-46-23)48-32(54)24(40)17-31(41)53)34(56)51-29(15-22(5)6)37(59)52-12-8-10-30(52)36(58)50-27(14-21(3)4)33(55)47-25(38(60)61)9-7-11-45-39(42)43/h18-22,24-30H,7-17,40H2,1-6H3,(H2,41,53)(H,44,46)(H,47,55)(H,48,54)(H,49,57)(H,50,58)(H,51,56)(H,60,61)(H4,42,43,45)/t24-,25-,26-,27-,28-,29-,30-/m0/s1. The van der Waals surface area contributed by atoms with Gasteiger partial charge in [0.25, 0.3) is 0 Å². The van der Waals surface area contributed by atoms with Crippen LogP contribution in [0.5, 0.6) is 0 Å². The Morgan fingerprint density at radius 1 is 0.803 bits per heavy atom. The van der Waals surface area contributed by atoms with Crippen LogP contribution in [0.2, 0.25) is 0 Å². The highest BCUT2D eigenvalue weighted by Crippen LogP contribution is 2.22. The number of guanidine groups is 1. The molecule has 1 aliphatic rings. The van der Waals surface area contributed by atoms with Crippen molar-refractivity contribution in [2.45, 2.75) is 142 Å². The first-order chi connectivity index (χ1) is 28.6. The molecule has 0 saturated carbocycles. The van der Waals surface area contributed by atoms with Crippen molar-refractivity contribution in [1.82, 2.24) is 46.8 Å². The van der Waals surface area contributed by atoms with Gasteiger partial charge in [0.15, 0.2) is 5.96 Å². The number of nitrogens with two attached hydrogens (primary N) is 3. The second-order valence-corrected chi connectivity index (χ2v) is 16.7. The lowest BCUT2D eigenvalue weighted by molar-refractivity contribution is -0.144. The summed E-state index contributed by atoms with van der Waals surface area (Å²) in [6.45, 7) is 11.5. The van der Waals surface area contributed by atoms with Gasteiger partial charge in [-0.2, -0.15) is 0 Å². The van der Waals surface area contributed by atoms with Crippen LogP contribution in [0.25, 0.3) is 0 Å². The second-order valence-electron chi connectivity index (χ2n) is 16.7. The largest absolute Gasteiger partial charge is 0.480 e. The predicted molar refractivity (Wildman–Crippen MR) is 224 cm³/mol. The van der Waals surface area contributed by atoms with E-state index in [1.165, 1.54) is 17.4 Å². The highest BCUT2D eigenvalue weighted by Gasteiger charge is 2.40. The van der Waals surface area contributed by atoms with Crippen LogP contribution in [-0.2, 0) is 44.8 Å². The Balaban J connectivity index is 2.28. The molecular weight excluding hydrogens is 795 g/mol. The number of carboxylic acid groups (broad SMARTS) is 1. The highest BCUT2D eigenvalue weighted by molar-refractivity contribution is 5.97. The van der Waals surface area contributed by atoms with Crippen molar-refractivity contribution in [2.24, 2.45) is 35.0 Å². The molecule has 0 spiro atoms. The van der Waals surface area contributed by atoms with Crippen molar-refractivity contribution in [1.29, 1.82) is 5.41 Å². The first-order valence-corrected chi connectivity index (χ1v) is 20.7. The van der Waals surface area contributed by atoms with Crippen LogP contribution >= 0.6 is 0 Å². The van der Waals surface area contributed by atoms with Gasteiger partial charge in [0.05, 0.1) is 24.5 Å². The van der Waals surface area contributed by atoms with Gasteiger partial charge in [-0.3, -0.25) is 39.0 Å². The zero-order chi connectivity index (χ0) is 46.0. The number of aromatic amines is 1. The minimum absolute atomic E-state index is 0.0363. The summed E-state index contributed by atoms with van der Waals surface area (Å²) < 4.78 is 0. The molecule has 22 heteroatoms. The molecule has 1 saturated heterocycles. The van der Waals surface area contributed by atoms with Crippen LogP contribution < -0.4 is 49.1 Å². The molecule has 342 valence electrons. The van der Waals surface area contributed by atoms with Crippen LogP contribution in [0.15, 0.2) is 12.5 Å². The van der Waals surface area contributed by atoms with Gasteiger partial charge in [-0.05, 0) is 62.7 Å². The van der Waals surface area contributed by atoms with Gasteiger partial charge in [-0.1, -0.05) is 41.5 Å². The Bertz CT molecular complexity index is 1670. The van der Waals surface area contributed by atoms with E-state index in [1.54, 1.807) is 0 Å².